The van der Waals surface area contributed by atoms with Crippen molar-refractivity contribution in [3.63, 3.8) is 0 Å². The van der Waals surface area contributed by atoms with Crippen LogP contribution in [0.25, 0.3) is 0 Å². The lowest BCUT2D eigenvalue weighted by atomic mass is 9.76. The van der Waals surface area contributed by atoms with Gasteiger partial charge in [-0.1, -0.05) is 36.4 Å². The van der Waals surface area contributed by atoms with E-state index in [1.54, 1.807) is 17.0 Å². The zero-order valence-corrected chi connectivity index (χ0v) is 13.3. The first kappa shape index (κ1) is 15.9. The monoisotopic (exact) mass is 342 g/mol. The third-order valence-electron chi connectivity index (χ3n) is 4.69. The summed E-state index contributed by atoms with van der Waals surface area (Å²) < 4.78 is 35.3. The van der Waals surface area contributed by atoms with Gasteiger partial charge >= 0.3 is 0 Å². The summed E-state index contributed by atoms with van der Waals surface area (Å²) in [5, 5.41) is 11.6. The number of benzene rings is 2. The van der Waals surface area contributed by atoms with Crippen LogP contribution < -0.4 is 0 Å². The molecule has 0 radical (unpaired) electrons. The Morgan fingerprint density at radius 1 is 1.20 bits per heavy atom. The highest BCUT2D eigenvalue weighted by atomic mass is 19.1. The predicted octanol–water partition coefficient (Wildman–Crippen LogP) is 2.97. The topological polar surface area (TPSA) is 50.6 Å². The Morgan fingerprint density at radius 3 is 2.56 bits per heavy atom. The third kappa shape index (κ3) is 2.54. The minimum absolute atomic E-state index is 0.0102. The Bertz CT molecular complexity index is 880. The van der Waals surface area contributed by atoms with E-state index in [9.17, 15) is 13.9 Å². The molecule has 6 heteroatoms. The highest BCUT2D eigenvalue weighted by Crippen LogP contribution is 2.54. The minimum Gasteiger partial charge on any atom is -0.380 e. The summed E-state index contributed by atoms with van der Waals surface area (Å²) in [6, 6.07) is 12.4. The summed E-state index contributed by atoms with van der Waals surface area (Å²) >= 11 is 0. The van der Waals surface area contributed by atoms with E-state index < -0.39 is 22.8 Å². The summed E-state index contributed by atoms with van der Waals surface area (Å²) in [4.78, 5) is 3.97. The number of nitrogens with zero attached hydrogens (tertiary/aromatic N) is 2. The molecule has 0 bridgehead atoms. The highest BCUT2D eigenvalue weighted by Gasteiger charge is 2.64. The fraction of sp³-hybridized carbons (Fsp3) is 0.211. The van der Waals surface area contributed by atoms with Crippen LogP contribution in [-0.2, 0) is 22.5 Å². The van der Waals surface area contributed by atoms with Crippen molar-refractivity contribution in [2.24, 2.45) is 0 Å². The van der Waals surface area contributed by atoms with Gasteiger partial charge in [-0.2, -0.15) is 0 Å². The molecule has 0 saturated carbocycles. The van der Waals surface area contributed by atoms with E-state index >= 15 is 0 Å². The van der Waals surface area contributed by atoms with Crippen LogP contribution in [0.15, 0.2) is 67.3 Å². The summed E-state index contributed by atoms with van der Waals surface area (Å²) in [7, 11) is 0. The van der Waals surface area contributed by atoms with Gasteiger partial charge in [0.2, 0.25) is 0 Å². The van der Waals surface area contributed by atoms with Gasteiger partial charge in [0.25, 0.3) is 0 Å². The van der Waals surface area contributed by atoms with Gasteiger partial charge in [-0.05, 0) is 11.6 Å². The van der Waals surface area contributed by atoms with E-state index in [0.717, 1.165) is 17.7 Å². The highest BCUT2D eigenvalue weighted by molar-refractivity contribution is 5.38. The normalized spacial score (nSPS) is 21.7. The fourth-order valence-electron chi connectivity index (χ4n) is 3.32. The Hall–Kier alpha value is -2.57. The molecular weight excluding hydrogens is 326 g/mol. The molecule has 2 atom stereocenters. The van der Waals surface area contributed by atoms with Gasteiger partial charge in [-0.3, -0.25) is 0 Å². The molecule has 1 aliphatic heterocycles. The van der Waals surface area contributed by atoms with Crippen molar-refractivity contribution in [3.8, 4) is 0 Å². The molecule has 1 N–H and O–H groups in total. The van der Waals surface area contributed by atoms with E-state index in [1.165, 1.54) is 12.4 Å². The zero-order chi connectivity index (χ0) is 17.5. The lowest BCUT2D eigenvalue weighted by Gasteiger charge is -2.35. The van der Waals surface area contributed by atoms with Gasteiger partial charge in [0.1, 0.15) is 17.2 Å². The van der Waals surface area contributed by atoms with Crippen molar-refractivity contribution < 1.29 is 18.6 Å². The van der Waals surface area contributed by atoms with Crippen LogP contribution in [0, 0.1) is 11.6 Å². The van der Waals surface area contributed by atoms with Crippen LogP contribution in [0.2, 0.25) is 0 Å². The second-order valence-electron chi connectivity index (χ2n) is 6.20. The molecule has 3 aromatic rings. The van der Waals surface area contributed by atoms with Crippen LogP contribution in [0.3, 0.4) is 0 Å². The van der Waals surface area contributed by atoms with E-state index in [-0.39, 0.29) is 18.7 Å². The van der Waals surface area contributed by atoms with Crippen molar-refractivity contribution >= 4 is 0 Å². The molecule has 1 saturated heterocycles. The number of aromatic nitrogens is 2. The Kier molecular flexibility index (Phi) is 3.67. The first-order valence-corrected chi connectivity index (χ1v) is 7.88. The van der Waals surface area contributed by atoms with E-state index in [2.05, 4.69) is 4.98 Å². The molecule has 2 aromatic carbocycles. The number of rotatable bonds is 5. The summed E-state index contributed by atoms with van der Waals surface area (Å²) in [6.07, 6.45) is 4.78. The molecule has 2 unspecified atom stereocenters. The number of aliphatic hydroxyl groups is 1. The van der Waals surface area contributed by atoms with Crippen molar-refractivity contribution in [3.05, 3.63) is 90.0 Å². The zero-order valence-electron chi connectivity index (χ0n) is 13.3. The average Bonchev–Trinajstić information content (AvgIpc) is 3.28. The van der Waals surface area contributed by atoms with E-state index in [1.807, 2.05) is 30.3 Å². The Balaban J connectivity index is 1.87. The van der Waals surface area contributed by atoms with Gasteiger partial charge in [0.05, 0.1) is 19.5 Å². The van der Waals surface area contributed by atoms with Crippen molar-refractivity contribution in [1.82, 2.24) is 9.55 Å². The minimum atomic E-state index is -1.73. The largest absolute Gasteiger partial charge is 0.380 e. The molecule has 1 aliphatic rings. The van der Waals surface area contributed by atoms with Gasteiger partial charge in [-0.25, -0.2) is 13.8 Å². The molecule has 1 aromatic heterocycles. The van der Waals surface area contributed by atoms with E-state index in [0.29, 0.717) is 0 Å². The predicted molar refractivity (Wildman–Crippen MR) is 86.6 cm³/mol. The van der Waals surface area contributed by atoms with Crippen LogP contribution in [0.4, 0.5) is 8.78 Å². The van der Waals surface area contributed by atoms with Crippen LogP contribution in [0.5, 0.6) is 0 Å². The number of imidazole rings is 1. The number of hydrogen-bond donors (Lipinski definition) is 1. The molecule has 0 aliphatic carbocycles. The Labute approximate surface area is 143 Å². The second-order valence-corrected chi connectivity index (χ2v) is 6.20. The average molecular weight is 342 g/mol. The Morgan fingerprint density at radius 2 is 1.96 bits per heavy atom. The van der Waals surface area contributed by atoms with Crippen molar-refractivity contribution in [2.45, 2.75) is 17.7 Å². The SMILES string of the molecule is OC(Cn1ccnc1)(c1ccc(F)cc1F)C1(c2ccccc2)CO1. The van der Waals surface area contributed by atoms with E-state index in [4.69, 9.17) is 4.74 Å². The maximum Gasteiger partial charge on any atom is 0.151 e. The lowest BCUT2D eigenvalue weighted by Crippen LogP contribution is -2.45. The number of halogens is 2. The van der Waals surface area contributed by atoms with Gasteiger partial charge in [0.15, 0.2) is 5.60 Å². The molecule has 128 valence electrons. The maximum atomic E-state index is 14.6. The second kappa shape index (κ2) is 5.75. The van der Waals surface area contributed by atoms with Gasteiger partial charge < -0.3 is 14.4 Å². The maximum absolute atomic E-state index is 14.6. The van der Waals surface area contributed by atoms with Gasteiger partial charge in [0, 0.05) is 24.0 Å². The lowest BCUT2D eigenvalue weighted by molar-refractivity contribution is -0.0635. The molecule has 25 heavy (non-hydrogen) atoms. The number of epoxide rings is 1. The first-order valence-electron chi connectivity index (χ1n) is 7.88. The molecule has 2 heterocycles. The summed E-state index contributed by atoms with van der Waals surface area (Å²) in [6.45, 7) is 0.253. The molecule has 4 rings (SSSR count). The standard InChI is InChI=1S/C19H16F2N2O2/c20-15-6-7-16(17(21)10-15)18(24,11-23-9-8-22-13-23)19(12-25-19)14-4-2-1-3-5-14/h1-10,13,24H,11-12H2. The van der Waals surface area contributed by atoms with Crippen LogP contribution >= 0.6 is 0 Å². The fourth-order valence-corrected chi connectivity index (χ4v) is 3.32. The first-order chi connectivity index (χ1) is 12.1. The quantitative estimate of drug-likeness (QED) is 0.725. The molecule has 4 nitrogen and oxygen atoms in total. The van der Waals surface area contributed by atoms with Gasteiger partial charge in [-0.15, -0.1) is 0 Å². The van der Waals surface area contributed by atoms with Crippen molar-refractivity contribution in [1.29, 1.82) is 0 Å². The van der Waals surface area contributed by atoms with Crippen molar-refractivity contribution in [2.75, 3.05) is 6.61 Å². The van der Waals surface area contributed by atoms with Crippen LogP contribution in [-0.4, -0.2) is 21.3 Å². The summed E-state index contributed by atoms with van der Waals surface area (Å²) in [5.74, 6) is -1.51. The van der Waals surface area contributed by atoms with Crippen LogP contribution in [0.1, 0.15) is 11.1 Å². The molecule has 0 amide bonds. The molecular formula is C19H16F2N2O2. The molecule has 1 fully saturated rings. The number of ether oxygens (including phenoxy) is 1. The third-order valence-corrected chi connectivity index (χ3v) is 4.69. The molecule has 0 spiro atoms. The smallest absolute Gasteiger partial charge is 0.151 e. The summed E-state index contributed by atoms with van der Waals surface area (Å²) in [5.41, 5.74) is -2.10. The number of hydrogen-bond acceptors (Lipinski definition) is 3.